The van der Waals surface area contributed by atoms with Gasteiger partial charge in [-0.25, -0.2) is 0 Å². The standard InChI is InChI=1S/C16H17F6NO2/c17-15(18,19)11-7-9-12(10-8-11)23-14(25)6-4-2-1-3-5-13(24)16(20,21)22/h7-10H,1-6H2,(H,23,25). The second-order valence-electron chi connectivity index (χ2n) is 5.46. The molecule has 0 spiro atoms. The van der Waals surface area contributed by atoms with Gasteiger partial charge in [-0.15, -0.1) is 0 Å². The molecule has 0 fully saturated rings. The average Bonchev–Trinajstić information content (AvgIpc) is 2.49. The Morgan fingerprint density at radius 1 is 0.800 bits per heavy atom. The Balaban J connectivity index is 2.22. The van der Waals surface area contributed by atoms with Gasteiger partial charge in [0.05, 0.1) is 5.56 Å². The highest BCUT2D eigenvalue weighted by atomic mass is 19.4. The van der Waals surface area contributed by atoms with Crippen LogP contribution in [0.3, 0.4) is 0 Å². The van der Waals surface area contributed by atoms with E-state index in [2.05, 4.69) is 5.32 Å². The Morgan fingerprint density at radius 3 is 1.80 bits per heavy atom. The third kappa shape index (κ3) is 8.04. The maximum atomic E-state index is 12.4. The molecule has 0 aromatic heterocycles. The lowest BCUT2D eigenvalue weighted by Gasteiger charge is -2.09. The number of nitrogens with one attached hydrogen (secondary N) is 1. The molecule has 9 heteroatoms. The van der Waals surface area contributed by atoms with E-state index >= 15 is 0 Å². The Hall–Kier alpha value is -2.06. The Labute approximate surface area is 140 Å². The van der Waals surface area contributed by atoms with E-state index in [4.69, 9.17) is 0 Å². The molecule has 0 heterocycles. The number of anilines is 1. The molecule has 0 aliphatic rings. The van der Waals surface area contributed by atoms with Crippen LogP contribution in [0.1, 0.15) is 44.1 Å². The summed E-state index contributed by atoms with van der Waals surface area (Å²) >= 11 is 0. The van der Waals surface area contributed by atoms with Crippen LogP contribution in [0.15, 0.2) is 24.3 Å². The molecule has 1 aromatic rings. The summed E-state index contributed by atoms with van der Waals surface area (Å²) in [6.45, 7) is 0. The van der Waals surface area contributed by atoms with Crippen molar-refractivity contribution in [2.75, 3.05) is 5.32 Å². The molecule has 0 saturated carbocycles. The van der Waals surface area contributed by atoms with Gasteiger partial charge < -0.3 is 5.32 Å². The minimum absolute atomic E-state index is 0.0915. The highest BCUT2D eigenvalue weighted by molar-refractivity contribution is 5.90. The van der Waals surface area contributed by atoms with E-state index in [1.54, 1.807) is 0 Å². The van der Waals surface area contributed by atoms with E-state index in [1.807, 2.05) is 0 Å². The number of halogens is 6. The summed E-state index contributed by atoms with van der Waals surface area (Å²) in [4.78, 5) is 22.3. The molecular weight excluding hydrogens is 352 g/mol. The fraction of sp³-hybridized carbons (Fsp3) is 0.500. The molecule has 140 valence electrons. The number of rotatable bonds is 8. The molecule has 0 saturated heterocycles. The summed E-state index contributed by atoms with van der Waals surface area (Å²) in [6, 6.07) is 3.99. The second kappa shape index (κ2) is 8.87. The first-order valence-electron chi connectivity index (χ1n) is 7.57. The van der Waals surface area contributed by atoms with Crippen LogP contribution in [-0.4, -0.2) is 17.9 Å². The highest BCUT2D eigenvalue weighted by Crippen LogP contribution is 2.29. The van der Waals surface area contributed by atoms with Crippen molar-refractivity contribution < 1.29 is 35.9 Å². The van der Waals surface area contributed by atoms with Crippen molar-refractivity contribution in [2.45, 2.75) is 50.9 Å². The Bertz CT molecular complexity index is 578. The van der Waals surface area contributed by atoms with Gasteiger partial charge in [-0.2, -0.15) is 26.3 Å². The quantitative estimate of drug-likeness (QED) is 0.511. The minimum atomic E-state index is -4.80. The van der Waals surface area contributed by atoms with Crippen LogP contribution in [0.5, 0.6) is 0 Å². The molecule has 0 radical (unpaired) electrons. The van der Waals surface area contributed by atoms with E-state index < -0.39 is 36.0 Å². The molecule has 1 N–H and O–H groups in total. The first kappa shape index (κ1) is 21.0. The van der Waals surface area contributed by atoms with Gasteiger partial charge in [0, 0.05) is 18.5 Å². The largest absolute Gasteiger partial charge is 0.449 e. The number of Topliss-reactive ketones (excluding diaryl/α,β-unsaturated/α-hetero) is 1. The van der Waals surface area contributed by atoms with Crippen molar-refractivity contribution in [3.8, 4) is 0 Å². The van der Waals surface area contributed by atoms with Crippen molar-refractivity contribution in [2.24, 2.45) is 0 Å². The van der Waals surface area contributed by atoms with E-state index in [0.717, 1.165) is 24.3 Å². The lowest BCUT2D eigenvalue weighted by molar-refractivity contribution is -0.171. The van der Waals surface area contributed by atoms with E-state index in [-0.39, 0.29) is 18.5 Å². The Kier molecular flexibility index (Phi) is 7.44. The number of carbonyl (C=O) groups excluding carboxylic acids is 2. The number of hydrogen-bond acceptors (Lipinski definition) is 2. The zero-order chi connectivity index (χ0) is 19.1. The third-order valence-corrected chi connectivity index (χ3v) is 3.37. The molecular formula is C16H17F6NO2. The lowest BCUT2D eigenvalue weighted by Crippen LogP contribution is -2.22. The first-order valence-corrected chi connectivity index (χ1v) is 7.57. The number of alkyl halides is 6. The smallest absolute Gasteiger partial charge is 0.326 e. The number of carbonyl (C=O) groups is 2. The fourth-order valence-corrected chi connectivity index (χ4v) is 2.03. The lowest BCUT2D eigenvalue weighted by atomic mass is 10.1. The van der Waals surface area contributed by atoms with E-state index in [9.17, 15) is 35.9 Å². The molecule has 0 bridgehead atoms. The van der Waals surface area contributed by atoms with Gasteiger partial charge in [0.2, 0.25) is 11.7 Å². The van der Waals surface area contributed by atoms with Crippen LogP contribution in [0.25, 0.3) is 0 Å². The monoisotopic (exact) mass is 369 g/mol. The molecule has 0 aliphatic carbocycles. The van der Waals surface area contributed by atoms with E-state index in [1.165, 1.54) is 0 Å². The SMILES string of the molecule is O=C(CCCCCCC(=O)C(F)(F)F)Nc1ccc(C(F)(F)F)cc1. The van der Waals surface area contributed by atoms with Gasteiger partial charge in [-0.3, -0.25) is 9.59 Å². The summed E-state index contributed by atoms with van der Waals surface area (Å²) in [7, 11) is 0. The maximum absolute atomic E-state index is 12.4. The van der Waals surface area contributed by atoms with Crippen molar-refractivity contribution >= 4 is 17.4 Å². The highest BCUT2D eigenvalue weighted by Gasteiger charge is 2.37. The number of hydrogen-bond donors (Lipinski definition) is 1. The summed E-state index contributed by atoms with van der Waals surface area (Å²) in [5, 5.41) is 2.44. The molecule has 0 aliphatic heterocycles. The number of unbranched alkanes of at least 4 members (excludes halogenated alkanes) is 3. The first-order chi connectivity index (χ1) is 11.5. The zero-order valence-electron chi connectivity index (χ0n) is 13.1. The molecule has 3 nitrogen and oxygen atoms in total. The molecule has 1 rings (SSSR count). The van der Waals surface area contributed by atoms with Crippen molar-refractivity contribution in [3.05, 3.63) is 29.8 Å². The van der Waals surface area contributed by atoms with Crippen LogP contribution in [-0.2, 0) is 15.8 Å². The third-order valence-electron chi connectivity index (χ3n) is 3.37. The van der Waals surface area contributed by atoms with Crippen LogP contribution in [0, 0.1) is 0 Å². The molecule has 0 atom stereocenters. The minimum Gasteiger partial charge on any atom is -0.326 e. The summed E-state index contributed by atoms with van der Waals surface area (Å²) in [5.74, 6) is -2.15. The summed E-state index contributed by atoms with van der Waals surface area (Å²) in [5.41, 5.74) is -0.590. The van der Waals surface area contributed by atoms with Gasteiger partial charge in [0.25, 0.3) is 0 Å². The fourth-order valence-electron chi connectivity index (χ4n) is 2.03. The summed E-state index contributed by atoms with van der Waals surface area (Å²) < 4.78 is 73.1. The topological polar surface area (TPSA) is 46.2 Å². The van der Waals surface area contributed by atoms with Crippen molar-refractivity contribution in [1.29, 1.82) is 0 Å². The van der Waals surface area contributed by atoms with Gasteiger partial charge >= 0.3 is 12.4 Å². The van der Waals surface area contributed by atoms with Crippen LogP contribution in [0.4, 0.5) is 32.0 Å². The second-order valence-corrected chi connectivity index (χ2v) is 5.46. The van der Waals surface area contributed by atoms with Gasteiger partial charge in [0.1, 0.15) is 0 Å². The maximum Gasteiger partial charge on any atom is 0.449 e. The zero-order valence-corrected chi connectivity index (χ0v) is 13.1. The van der Waals surface area contributed by atoms with Crippen molar-refractivity contribution in [1.82, 2.24) is 0 Å². The summed E-state index contributed by atoms with van der Waals surface area (Å²) in [6.07, 6.45) is -8.36. The predicted octanol–water partition coefficient (Wildman–Crippen LogP) is 5.12. The Morgan fingerprint density at radius 2 is 1.32 bits per heavy atom. The number of ketones is 1. The number of amides is 1. The predicted molar refractivity (Wildman–Crippen MR) is 78.8 cm³/mol. The molecule has 0 unspecified atom stereocenters. The van der Waals surface area contributed by atoms with Crippen LogP contribution >= 0.6 is 0 Å². The number of benzene rings is 1. The van der Waals surface area contributed by atoms with Gasteiger partial charge in [-0.1, -0.05) is 12.8 Å². The van der Waals surface area contributed by atoms with Crippen LogP contribution in [0.2, 0.25) is 0 Å². The van der Waals surface area contributed by atoms with Gasteiger partial charge in [-0.05, 0) is 37.1 Å². The average molecular weight is 369 g/mol. The van der Waals surface area contributed by atoms with Crippen molar-refractivity contribution in [3.63, 3.8) is 0 Å². The van der Waals surface area contributed by atoms with Crippen LogP contribution < -0.4 is 5.32 Å². The normalized spacial score (nSPS) is 12.1. The van der Waals surface area contributed by atoms with E-state index in [0.29, 0.717) is 19.3 Å². The van der Waals surface area contributed by atoms with Gasteiger partial charge in [0.15, 0.2) is 0 Å². The molecule has 1 amide bonds. The molecule has 1 aromatic carbocycles. The molecule has 25 heavy (non-hydrogen) atoms.